The number of piperidine rings is 2. The van der Waals surface area contributed by atoms with E-state index in [4.69, 9.17) is 14.2 Å². The van der Waals surface area contributed by atoms with E-state index in [1.807, 2.05) is 11.4 Å². The first-order chi connectivity index (χ1) is 17.8. The predicted molar refractivity (Wildman–Crippen MR) is 131 cm³/mol. The molecule has 2 fully saturated rings. The number of alkyl halides is 3. The largest absolute Gasteiger partial charge is 0.471 e. The average Bonchev–Trinajstić information content (AvgIpc) is 2.85. The van der Waals surface area contributed by atoms with Gasteiger partial charge < -0.3 is 29.3 Å². The van der Waals surface area contributed by atoms with Gasteiger partial charge in [0.15, 0.2) is 0 Å². The molecule has 0 aromatic heterocycles. The molecule has 2 aliphatic heterocycles. The second kappa shape index (κ2) is 12.7. The van der Waals surface area contributed by atoms with Gasteiger partial charge in [0.05, 0.1) is 24.8 Å². The Labute approximate surface area is 220 Å². The second-order valence-electron chi connectivity index (χ2n) is 10.5. The fourth-order valence-corrected chi connectivity index (χ4v) is 4.48. The smallest absolute Gasteiger partial charge is 0.445 e. The first kappa shape index (κ1) is 29.5. The van der Waals surface area contributed by atoms with E-state index >= 15 is 0 Å². The summed E-state index contributed by atoms with van der Waals surface area (Å²) in [6.45, 7) is 6.35. The van der Waals surface area contributed by atoms with Crippen molar-refractivity contribution < 1.29 is 41.8 Å². The summed E-state index contributed by atoms with van der Waals surface area (Å²) >= 11 is 0. The van der Waals surface area contributed by atoms with Gasteiger partial charge in [-0.15, -0.1) is 0 Å². The quantitative estimate of drug-likeness (QED) is 0.576. The number of ether oxygens (including phenoxy) is 3. The molecule has 0 unspecified atom stereocenters. The van der Waals surface area contributed by atoms with E-state index < -0.39 is 42.0 Å². The molecule has 1 aromatic carbocycles. The number of likely N-dealkylation sites (tertiary alicyclic amines) is 2. The lowest BCUT2D eigenvalue weighted by Gasteiger charge is -2.41. The summed E-state index contributed by atoms with van der Waals surface area (Å²) in [5.74, 6) is -2.06. The Kier molecular flexibility index (Phi) is 9.86. The van der Waals surface area contributed by atoms with Crippen LogP contribution in [0.4, 0.5) is 22.8 Å². The van der Waals surface area contributed by atoms with Crippen LogP contribution in [0.25, 0.3) is 0 Å². The molecule has 0 aliphatic carbocycles. The molecule has 3 amide bonds. The van der Waals surface area contributed by atoms with Crippen LogP contribution in [-0.2, 0) is 25.6 Å². The van der Waals surface area contributed by atoms with Crippen molar-refractivity contribution in [2.45, 2.75) is 83.0 Å². The first-order valence-electron chi connectivity index (χ1n) is 12.8. The van der Waals surface area contributed by atoms with Gasteiger partial charge in [0, 0.05) is 19.6 Å². The Morgan fingerprint density at radius 3 is 2.24 bits per heavy atom. The number of benzene rings is 1. The third-order valence-corrected chi connectivity index (χ3v) is 6.39. The number of hydrogen-bond donors (Lipinski definition) is 1. The molecular weight excluding hydrogens is 507 g/mol. The molecule has 2 aliphatic rings. The zero-order valence-electron chi connectivity index (χ0n) is 22.0. The number of halogens is 3. The van der Waals surface area contributed by atoms with Gasteiger partial charge in [0.2, 0.25) is 0 Å². The van der Waals surface area contributed by atoms with E-state index in [1.54, 1.807) is 49.9 Å². The van der Waals surface area contributed by atoms with Crippen molar-refractivity contribution >= 4 is 18.1 Å². The maximum atomic E-state index is 13.0. The molecule has 12 heteroatoms. The molecule has 9 nitrogen and oxygen atoms in total. The summed E-state index contributed by atoms with van der Waals surface area (Å²) in [5, 5.41) is 2.04. The fourth-order valence-electron chi connectivity index (χ4n) is 4.48. The average molecular weight is 544 g/mol. The van der Waals surface area contributed by atoms with Gasteiger partial charge in [-0.3, -0.25) is 4.79 Å². The molecule has 38 heavy (non-hydrogen) atoms. The highest BCUT2D eigenvalue weighted by atomic mass is 19.4. The summed E-state index contributed by atoms with van der Waals surface area (Å²) < 4.78 is 55.8. The van der Waals surface area contributed by atoms with E-state index in [9.17, 15) is 27.6 Å². The first-order valence-corrected chi connectivity index (χ1v) is 12.8. The van der Waals surface area contributed by atoms with Crippen LogP contribution in [0.3, 0.4) is 0 Å². The highest BCUT2D eigenvalue weighted by Crippen LogP contribution is 2.24. The van der Waals surface area contributed by atoms with E-state index in [-0.39, 0.29) is 32.3 Å². The molecule has 2 heterocycles. The lowest BCUT2D eigenvalue weighted by atomic mass is 9.96. The van der Waals surface area contributed by atoms with Gasteiger partial charge in [-0.05, 0) is 52.0 Å². The Hall–Kier alpha value is -3.02. The van der Waals surface area contributed by atoms with Crippen LogP contribution in [0.5, 0.6) is 0 Å². The lowest BCUT2D eigenvalue weighted by molar-refractivity contribution is -0.175. The third-order valence-electron chi connectivity index (χ3n) is 6.39. The Morgan fingerprint density at radius 1 is 0.974 bits per heavy atom. The zero-order chi connectivity index (χ0) is 27.9. The number of rotatable bonds is 6. The third kappa shape index (κ3) is 8.78. The Balaban J connectivity index is 1.62. The van der Waals surface area contributed by atoms with Crippen molar-refractivity contribution in [1.29, 1.82) is 0 Å². The molecule has 1 N–H and O–H groups in total. The molecule has 2 atom stereocenters. The Morgan fingerprint density at radius 2 is 1.63 bits per heavy atom. The van der Waals surface area contributed by atoms with Crippen LogP contribution in [-0.4, -0.2) is 84.1 Å². The van der Waals surface area contributed by atoms with E-state index in [0.717, 1.165) is 5.56 Å². The second-order valence-corrected chi connectivity index (χ2v) is 10.5. The molecule has 0 radical (unpaired) electrons. The molecule has 212 valence electrons. The van der Waals surface area contributed by atoms with Gasteiger partial charge in [-0.25, -0.2) is 9.59 Å². The van der Waals surface area contributed by atoms with Gasteiger partial charge in [0.1, 0.15) is 12.2 Å². The van der Waals surface area contributed by atoms with Gasteiger partial charge in [0.25, 0.3) is 0 Å². The number of nitrogens with one attached hydrogen (secondary N) is 1. The summed E-state index contributed by atoms with van der Waals surface area (Å²) in [7, 11) is 0. The molecule has 0 bridgehead atoms. The zero-order valence-corrected chi connectivity index (χ0v) is 22.0. The standard InChI is InChI=1S/C26H36F3N3O6/c1-25(2,3)38-23(34)31-14-11-19(12-15-31)36-17-21-20(30-22(33)26(27,28)29)10-7-13-32(21)24(35)37-16-18-8-5-4-6-9-18/h4-6,8-9,19-21H,7,10-17H2,1-3H3,(H,30,33)/t20-,21-/m1/s1. The van der Waals surface area contributed by atoms with Gasteiger partial charge in [-0.2, -0.15) is 13.2 Å². The maximum Gasteiger partial charge on any atom is 0.471 e. The van der Waals surface area contributed by atoms with Crippen LogP contribution in [0.1, 0.15) is 52.0 Å². The summed E-state index contributed by atoms with van der Waals surface area (Å²) in [4.78, 5) is 39.9. The van der Waals surface area contributed by atoms with Crippen LogP contribution >= 0.6 is 0 Å². The highest BCUT2D eigenvalue weighted by Gasteiger charge is 2.44. The van der Waals surface area contributed by atoms with E-state index in [2.05, 4.69) is 0 Å². The Bertz CT molecular complexity index is 946. The number of carbonyl (C=O) groups is 3. The van der Waals surface area contributed by atoms with Crippen molar-refractivity contribution in [1.82, 2.24) is 15.1 Å². The van der Waals surface area contributed by atoms with Crippen molar-refractivity contribution in [2.24, 2.45) is 0 Å². The minimum atomic E-state index is -5.05. The summed E-state index contributed by atoms with van der Waals surface area (Å²) in [6.07, 6.45) is -4.75. The van der Waals surface area contributed by atoms with Crippen LogP contribution in [0, 0.1) is 0 Å². The van der Waals surface area contributed by atoms with Crippen LogP contribution in [0.2, 0.25) is 0 Å². The maximum absolute atomic E-state index is 13.0. The normalized spacial score (nSPS) is 21.1. The molecular formula is C26H36F3N3O6. The number of carbonyl (C=O) groups excluding carboxylic acids is 3. The van der Waals surface area contributed by atoms with Crippen LogP contribution < -0.4 is 5.32 Å². The van der Waals surface area contributed by atoms with E-state index in [0.29, 0.717) is 32.4 Å². The van der Waals surface area contributed by atoms with Crippen molar-refractivity contribution in [3.8, 4) is 0 Å². The van der Waals surface area contributed by atoms with Crippen molar-refractivity contribution in [2.75, 3.05) is 26.2 Å². The lowest BCUT2D eigenvalue weighted by Crippen LogP contribution is -2.60. The van der Waals surface area contributed by atoms with Crippen molar-refractivity contribution in [3.05, 3.63) is 35.9 Å². The summed E-state index contributed by atoms with van der Waals surface area (Å²) in [5.41, 5.74) is 0.157. The number of nitrogens with zero attached hydrogens (tertiary/aromatic N) is 2. The topological polar surface area (TPSA) is 97.4 Å². The fraction of sp³-hybridized carbons (Fsp3) is 0.654. The number of hydrogen-bond acceptors (Lipinski definition) is 6. The molecule has 0 spiro atoms. The van der Waals surface area contributed by atoms with Gasteiger partial charge in [-0.1, -0.05) is 30.3 Å². The minimum Gasteiger partial charge on any atom is -0.445 e. The SMILES string of the molecule is CC(C)(C)OC(=O)N1CCC(OC[C@@H]2[C@H](NC(=O)C(F)(F)F)CCCN2C(=O)OCc2ccccc2)CC1. The minimum absolute atomic E-state index is 0.00640. The molecule has 2 saturated heterocycles. The van der Waals surface area contributed by atoms with Crippen molar-refractivity contribution in [3.63, 3.8) is 0 Å². The predicted octanol–water partition coefficient (Wildman–Crippen LogP) is 4.25. The molecule has 1 aromatic rings. The molecule has 0 saturated carbocycles. The monoisotopic (exact) mass is 543 g/mol. The molecule has 3 rings (SSSR count). The number of amides is 3. The highest BCUT2D eigenvalue weighted by molar-refractivity contribution is 5.82. The summed E-state index contributed by atoms with van der Waals surface area (Å²) in [6, 6.07) is 7.22. The van der Waals surface area contributed by atoms with Gasteiger partial charge >= 0.3 is 24.3 Å². The van der Waals surface area contributed by atoms with E-state index in [1.165, 1.54) is 4.90 Å². The van der Waals surface area contributed by atoms with Crippen LogP contribution in [0.15, 0.2) is 30.3 Å².